The Morgan fingerprint density at radius 3 is 2.83 bits per heavy atom. The molecular formula is C17H13N3O2S. The number of hydrogen-bond donors (Lipinski definition) is 3. The largest absolute Gasteiger partial charge is 0.323 e. The summed E-state index contributed by atoms with van der Waals surface area (Å²) in [6.45, 7) is 0. The summed E-state index contributed by atoms with van der Waals surface area (Å²) in [7, 11) is 0. The van der Waals surface area contributed by atoms with E-state index in [0.717, 1.165) is 11.3 Å². The molecule has 0 bridgehead atoms. The molecule has 1 aliphatic carbocycles. The molecule has 2 aromatic heterocycles. The number of aromatic nitrogens is 2. The van der Waals surface area contributed by atoms with Crippen LogP contribution in [0.5, 0.6) is 0 Å². The topological polar surface area (TPSA) is 77.8 Å². The molecule has 2 heterocycles. The first-order valence-electron chi connectivity index (χ1n) is 7.19. The molecule has 0 fully saturated rings. The second-order valence-corrected chi connectivity index (χ2v) is 6.34. The van der Waals surface area contributed by atoms with E-state index in [2.05, 4.69) is 33.5 Å². The fourth-order valence-electron chi connectivity index (χ4n) is 2.56. The van der Waals surface area contributed by atoms with Gasteiger partial charge in [-0.2, -0.15) is 0 Å². The van der Waals surface area contributed by atoms with Crippen molar-refractivity contribution in [1.29, 1.82) is 0 Å². The Kier molecular flexibility index (Phi) is 3.24. The van der Waals surface area contributed by atoms with Crippen molar-refractivity contribution in [2.24, 2.45) is 0 Å². The van der Waals surface area contributed by atoms with E-state index in [4.69, 9.17) is 0 Å². The summed E-state index contributed by atoms with van der Waals surface area (Å²) in [5.41, 5.74) is 2.93. The molecule has 1 aliphatic rings. The van der Waals surface area contributed by atoms with Crippen molar-refractivity contribution in [2.45, 2.75) is 6.42 Å². The standard InChI is InChI=1S/C17H13N3O2S/c21-16(15-8-7-14(23-15)10-3-1-2-4-10)18-11-5-6-12-13(9-11)20-17(22)19-12/h1,3-9H,2H2,(H,18,21)(H2,19,20,22). The molecule has 5 nitrogen and oxygen atoms in total. The summed E-state index contributed by atoms with van der Waals surface area (Å²) < 4.78 is 0. The molecular weight excluding hydrogens is 310 g/mol. The van der Waals surface area contributed by atoms with Gasteiger partial charge in [0.1, 0.15) is 0 Å². The lowest BCUT2D eigenvalue weighted by atomic mass is 10.2. The number of anilines is 1. The molecule has 4 rings (SSSR count). The molecule has 3 aromatic rings. The summed E-state index contributed by atoms with van der Waals surface area (Å²) in [6, 6.07) is 9.06. The summed E-state index contributed by atoms with van der Waals surface area (Å²) in [6.07, 6.45) is 7.26. The first kappa shape index (κ1) is 13.8. The fourth-order valence-corrected chi connectivity index (χ4v) is 3.48. The van der Waals surface area contributed by atoms with Crippen LogP contribution >= 0.6 is 11.3 Å². The van der Waals surface area contributed by atoms with E-state index < -0.39 is 0 Å². The number of benzene rings is 1. The second-order valence-electron chi connectivity index (χ2n) is 5.26. The Morgan fingerprint density at radius 1 is 1.13 bits per heavy atom. The molecule has 23 heavy (non-hydrogen) atoms. The van der Waals surface area contributed by atoms with E-state index in [-0.39, 0.29) is 11.6 Å². The van der Waals surface area contributed by atoms with Crippen LogP contribution < -0.4 is 11.0 Å². The average Bonchev–Trinajstić information content (AvgIpc) is 3.26. The Bertz CT molecular complexity index is 1020. The maximum Gasteiger partial charge on any atom is 0.323 e. The Morgan fingerprint density at radius 2 is 2.00 bits per heavy atom. The molecule has 0 radical (unpaired) electrons. The van der Waals surface area contributed by atoms with Crippen LogP contribution in [0.3, 0.4) is 0 Å². The number of fused-ring (bicyclic) bond motifs is 1. The Balaban J connectivity index is 1.56. The molecule has 0 atom stereocenters. The van der Waals surface area contributed by atoms with Crippen molar-refractivity contribution in [3.63, 3.8) is 0 Å². The summed E-state index contributed by atoms with van der Waals surface area (Å²) in [5.74, 6) is -0.152. The molecule has 3 N–H and O–H groups in total. The summed E-state index contributed by atoms with van der Waals surface area (Å²) >= 11 is 1.47. The number of amides is 1. The quantitative estimate of drug-likeness (QED) is 0.689. The van der Waals surface area contributed by atoms with E-state index in [1.807, 2.05) is 12.1 Å². The third kappa shape index (κ3) is 2.64. The van der Waals surface area contributed by atoms with E-state index in [9.17, 15) is 9.59 Å². The van der Waals surface area contributed by atoms with E-state index in [1.165, 1.54) is 16.9 Å². The van der Waals surface area contributed by atoms with Crippen LogP contribution in [0.1, 0.15) is 21.0 Å². The number of imidazole rings is 1. The van der Waals surface area contributed by atoms with Crippen LogP contribution in [0.4, 0.5) is 5.69 Å². The molecule has 0 spiro atoms. The summed E-state index contributed by atoms with van der Waals surface area (Å²) in [5, 5.41) is 2.86. The number of carbonyl (C=O) groups excluding carboxylic acids is 1. The van der Waals surface area contributed by atoms with Crippen molar-refractivity contribution >= 4 is 39.5 Å². The van der Waals surface area contributed by atoms with Crippen molar-refractivity contribution in [2.75, 3.05) is 5.32 Å². The highest BCUT2D eigenvalue weighted by Crippen LogP contribution is 2.29. The van der Waals surface area contributed by atoms with Gasteiger partial charge in [-0.25, -0.2) is 4.79 Å². The highest BCUT2D eigenvalue weighted by molar-refractivity contribution is 7.15. The zero-order valence-electron chi connectivity index (χ0n) is 12.1. The number of aromatic amines is 2. The number of allylic oxidation sites excluding steroid dienone is 4. The number of H-pyrrole nitrogens is 2. The van der Waals surface area contributed by atoms with Gasteiger partial charge in [0.25, 0.3) is 5.91 Å². The highest BCUT2D eigenvalue weighted by Gasteiger charge is 2.12. The van der Waals surface area contributed by atoms with Crippen LogP contribution in [0.25, 0.3) is 16.6 Å². The average molecular weight is 323 g/mol. The minimum atomic E-state index is -0.260. The van der Waals surface area contributed by atoms with Gasteiger partial charge in [0.2, 0.25) is 0 Å². The fraction of sp³-hybridized carbons (Fsp3) is 0.0588. The maximum atomic E-state index is 12.4. The van der Waals surface area contributed by atoms with Gasteiger partial charge < -0.3 is 15.3 Å². The minimum Gasteiger partial charge on any atom is -0.321 e. The van der Waals surface area contributed by atoms with E-state index in [0.29, 0.717) is 21.6 Å². The van der Waals surface area contributed by atoms with Gasteiger partial charge in [-0.05, 0) is 42.3 Å². The summed E-state index contributed by atoms with van der Waals surface area (Å²) in [4.78, 5) is 30.7. The number of rotatable bonds is 3. The zero-order chi connectivity index (χ0) is 15.8. The normalized spacial score (nSPS) is 13.5. The monoisotopic (exact) mass is 323 g/mol. The predicted octanol–water partition coefficient (Wildman–Crippen LogP) is 3.51. The predicted molar refractivity (Wildman–Crippen MR) is 92.9 cm³/mol. The first-order chi connectivity index (χ1) is 11.2. The molecule has 1 aromatic carbocycles. The SMILES string of the molecule is O=C(Nc1ccc2[nH]c(=O)[nH]c2c1)c1ccc(C2=CCC=C2)s1. The minimum absolute atomic E-state index is 0.152. The second kappa shape index (κ2) is 5.40. The highest BCUT2D eigenvalue weighted by atomic mass is 32.1. The number of carbonyl (C=O) groups is 1. The Hall–Kier alpha value is -2.86. The Labute approximate surface area is 135 Å². The van der Waals surface area contributed by atoms with Crippen LogP contribution in [0.2, 0.25) is 0 Å². The van der Waals surface area contributed by atoms with Gasteiger partial charge >= 0.3 is 5.69 Å². The molecule has 0 saturated heterocycles. The van der Waals surface area contributed by atoms with Crippen molar-refractivity contribution in [3.05, 3.63) is 68.8 Å². The van der Waals surface area contributed by atoms with Crippen LogP contribution in [0.15, 0.2) is 53.4 Å². The van der Waals surface area contributed by atoms with Crippen LogP contribution in [-0.2, 0) is 0 Å². The molecule has 0 aliphatic heterocycles. The molecule has 114 valence electrons. The zero-order valence-corrected chi connectivity index (χ0v) is 12.9. The van der Waals surface area contributed by atoms with Crippen molar-refractivity contribution in [3.8, 4) is 0 Å². The van der Waals surface area contributed by atoms with Crippen molar-refractivity contribution in [1.82, 2.24) is 9.97 Å². The lowest BCUT2D eigenvalue weighted by molar-refractivity contribution is 0.103. The maximum absolute atomic E-state index is 12.4. The van der Waals surface area contributed by atoms with E-state index in [1.54, 1.807) is 18.2 Å². The molecule has 6 heteroatoms. The van der Waals surface area contributed by atoms with Gasteiger partial charge in [0.15, 0.2) is 0 Å². The van der Waals surface area contributed by atoms with Crippen LogP contribution in [-0.4, -0.2) is 15.9 Å². The van der Waals surface area contributed by atoms with Gasteiger partial charge in [-0.1, -0.05) is 18.2 Å². The van der Waals surface area contributed by atoms with Gasteiger partial charge in [-0.15, -0.1) is 11.3 Å². The smallest absolute Gasteiger partial charge is 0.321 e. The third-order valence-corrected chi connectivity index (χ3v) is 4.79. The first-order valence-corrected chi connectivity index (χ1v) is 8.01. The number of hydrogen-bond acceptors (Lipinski definition) is 3. The van der Waals surface area contributed by atoms with Crippen molar-refractivity contribution < 1.29 is 4.79 Å². The van der Waals surface area contributed by atoms with E-state index >= 15 is 0 Å². The van der Waals surface area contributed by atoms with Crippen LogP contribution in [0, 0.1) is 0 Å². The number of nitrogens with one attached hydrogen (secondary N) is 3. The lowest BCUT2D eigenvalue weighted by Gasteiger charge is -2.03. The molecule has 0 unspecified atom stereocenters. The van der Waals surface area contributed by atoms with Gasteiger partial charge in [0, 0.05) is 10.6 Å². The van der Waals surface area contributed by atoms with Gasteiger partial charge in [-0.3, -0.25) is 4.79 Å². The lowest BCUT2D eigenvalue weighted by Crippen LogP contribution is -2.09. The molecule has 1 amide bonds. The number of thiophene rings is 1. The van der Waals surface area contributed by atoms with Gasteiger partial charge in [0.05, 0.1) is 15.9 Å². The third-order valence-electron chi connectivity index (χ3n) is 3.66. The molecule has 0 saturated carbocycles.